The topological polar surface area (TPSA) is 67.8 Å². The third kappa shape index (κ3) is 4.20. The molecule has 0 atom stereocenters. The van der Waals surface area contributed by atoms with Crippen LogP contribution in [0.1, 0.15) is 28.4 Å². The van der Waals surface area contributed by atoms with Crippen molar-refractivity contribution in [2.24, 2.45) is 0 Å². The average molecular weight is 394 g/mol. The molecule has 128 valence electrons. The number of anilines is 1. The fourth-order valence-electron chi connectivity index (χ4n) is 2.35. The van der Waals surface area contributed by atoms with E-state index in [-0.39, 0.29) is 5.56 Å². The third-order valence-electron chi connectivity index (χ3n) is 3.53. The zero-order valence-corrected chi connectivity index (χ0v) is 15.4. The van der Waals surface area contributed by atoms with E-state index in [4.69, 9.17) is 14.6 Å². The number of aryl methyl sites for hydroxylation is 1. The number of carbonyl (C=O) groups is 1. The maximum atomic E-state index is 11.0. The number of hydrogen-bond donors (Lipinski definition) is 2. The van der Waals surface area contributed by atoms with Gasteiger partial charge in [-0.2, -0.15) is 0 Å². The number of carboxylic acid groups (broad SMARTS) is 1. The second-order valence-electron chi connectivity index (χ2n) is 5.23. The normalized spacial score (nSPS) is 10.3. The Morgan fingerprint density at radius 3 is 2.62 bits per heavy atom. The first-order valence-electron chi connectivity index (χ1n) is 7.53. The van der Waals surface area contributed by atoms with Crippen molar-refractivity contribution in [1.82, 2.24) is 0 Å². The number of aromatic carboxylic acids is 1. The van der Waals surface area contributed by atoms with Gasteiger partial charge in [0.2, 0.25) is 0 Å². The molecule has 0 amide bonds. The Labute approximate surface area is 149 Å². The van der Waals surface area contributed by atoms with Crippen molar-refractivity contribution in [1.29, 1.82) is 0 Å². The summed E-state index contributed by atoms with van der Waals surface area (Å²) in [5, 5.41) is 12.3. The molecule has 0 aliphatic rings. The van der Waals surface area contributed by atoms with Gasteiger partial charge in [0, 0.05) is 12.2 Å². The van der Waals surface area contributed by atoms with Crippen LogP contribution in [0, 0.1) is 6.92 Å². The van der Waals surface area contributed by atoms with E-state index in [0.717, 1.165) is 21.3 Å². The van der Waals surface area contributed by atoms with Crippen molar-refractivity contribution >= 4 is 27.6 Å². The Morgan fingerprint density at radius 1 is 1.29 bits per heavy atom. The van der Waals surface area contributed by atoms with Gasteiger partial charge in [-0.1, -0.05) is 0 Å². The van der Waals surface area contributed by atoms with Crippen LogP contribution in [0.3, 0.4) is 0 Å². The Bertz CT molecular complexity index is 746. The minimum Gasteiger partial charge on any atom is -0.493 e. The van der Waals surface area contributed by atoms with Crippen molar-refractivity contribution in [3.63, 3.8) is 0 Å². The summed E-state index contributed by atoms with van der Waals surface area (Å²) in [4.78, 5) is 11.0. The van der Waals surface area contributed by atoms with Crippen molar-refractivity contribution in [3.8, 4) is 11.5 Å². The molecular formula is C18H20BrNO4. The van der Waals surface area contributed by atoms with Gasteiger partial charge in [-0.05, 0) is 71.2 Å². The molecule has 0 saturated carbocycles. The summed E-state index contributed by atoms with van der Waals surface area (Å²) in [7, 11) is 1.61. The fourth-order valence-corrected chi connectivity index (χ4v) is 2.96. The lowest BCUT2D eigenvalue weighted by Crippen LogP contribution is -2.04. The molecule has 24 heavy (non-hydrogen) atoms. The Hall–Kier alpha value is -2.21. The molecule has 0 fully saturated rings. The van der Waals surface area contributed by atoms with E-state index in [1.165, 1.54) is 0 Å². The van der Waals surface area contributed by atoms with Gasteiger partial charge in [-0.25, -0.2) is 4.79 Å². The summed E-state index contributed by atoms with van der Waals surface area (Å²) in [5.41, 5.74) is 3.07. The van der Waals surface area contributed by atoms with Crippen molar-refractivity contribution in [2.45, 2.75) is 20.4 Å². The summed E-state index contributed by atoms with van der Waals surface area (Å²) in [6.07, 6.45) is 0. The van der Waals surface area contributed by atoms with Gasteiger partial charge in [0.15, 0.2) is 11.5 Å². The molecule has 0 aromatic heterocycles. The molecule has 0 bridgehead atoms. The summed E-state index contributed by atoms with van der Waals surface area (Å²) >= 11 is 3.51. The highest BCUT2D eigenvalue weighted by Crippen LogP contribution is 2.36. The molecular weight excluding hydrogens is 374 g/mol. The SMILES string of the molecule is CCOc1c(Br)cc(CNc2ccc(C(=O)O)cc2C)cc1OC. The number of hydrogen-bond acceptors (Lipinski definition) is 4. The van der Waals surface area contributed by atoms with Crippen LogP contribution in [0.25, 0.3) is 0 Å². The molecule has 5 nitrogen and oxygen atoms in total. The predicted molar refractivity (Wildman–Crippen MR) is 97.3 cm³/mol. The van der Waals surface area contributed by atoms with Gasteiger partial charge in [0.05, 0.1) is 23.8 Å². The van der Waals surface area contributed by atoms with E-state index in [9.17, 15) is 4.79 Å². The van der Waals surface area contributed by atoms with Crippen molar-refractivity contribution in [2.75, 3.05) is 19.0 Å². The Kier molecular flexibility index (Phi) is 6.09. The van der Waals surface area contributed by atoms with Crippen LogP contribution in [0.4, 0.5) is 5.69 Å². The smallest absolute Gasteiger partial charge is 0.335 e. The van der Waals surface area contributed by atoms with E-state index in [2.05, 4.69) is 21.2 Å². The van der Waals surface area contributed by atoms with E-state index in [1.807, 2.05) is 26.0 Å². The highest BCUT2D eigenvalue weighted by Gasteiger charge is 2.12. The number of halogens is 1. The summed E-state index contributed by atoms with van der Waals surface area (Å²) in [6.45, 7) is 4.94. The number of rotatable bonds is 7. The lowest BCUT2D eigenvalue weighted by atomic mass is 10.1. The lowest BCUT2D eigenvalue weighted by Gasteiger charge is -2.15. The third-order valence-corrected chi connectivity index (χ3v) is 4.12. The van der Waals surface area contributed by atoms with Gasteiger partial charge in [-0.3, -0.25) is 0 Å². The van der Waals surface area contributed by atoms with E-state index >= 15 is 0 Å². The van der Waals surface area contributed by atoms with Crippen LogP contribution >= 0.6 is 15.9 Å². The molecule has 2 aromatic rings. The Morgan fingerprint density at radius 2 is 2.04 bits per heavy atom. The van der Waals surface area contributed by atoms with Crippen LogP contribution in [0.15, 0.2) is 34.8 Å². The monoisotopic (exact) mass is 393 g/mol. The van der Waals surface area contributed by atoms with Gasteiger partial charge in [0.25, 0.3) is 0 Å². The molecule has 0 heterocycles. The van der Waals surface area contributed by atoms with Crippen molar-refractivity contribution < 1.29 is 19.4 Å². The molecule has 0 radical (unpaired) electrons. The molecule has 0 saturated heterocycles. The van der Waals surface area contributed by atoms with Gasteiger partial charge >= 0.3 is 5.97 Å². The minimum absolute atomic E-state index is 0.281. The van der Waals surface area contributed by atoms with Crippen LogP contribution in [0.5, 0.6) is 11.5 Å². The maximum Gasteiger partial charge on any atom is 0.335 e. The highest BCUT2D eigenvalue weighted by atomic mass is 79.9. The van der Waals surface area contributed by atoms with E-state index in [0.29, 0.717) is 24.7 Å². The Balaban J connectivity index is 2.17. The van der Waals surface area contributed by atoms with E-state index < -0.39 is 5.97 Å². The molecule has 2 rings (SSSR count). The van der Waals surface area contributed by atoms with Gasteiger partial charge < -0.3 is 19.9 Å². The van der Waals surface area contributed by atoms with Crippen molar-refractivity contribution in [3.05, 3.63) is 51.5 Å². The van der Waals surface area contributed by atoms with Crippen LogP contribution < -0.4 is 14.8 Å². The number of methoxy groups -OCH3 is 1. The average Bonchev–Trinajstić information content (AvgIpc) is 2.55. The van der Waals surface area contributed by atoms with Gasteiger partial charge in [0.1, 0.15) is 0 Å². The van der Waals surface area contributed by atoms with Gasteiger partial charge in [-0.15, -0.1) is 0 Å². The predicted octanol–water partition coefficient (Wildman–Crippen LogP) is 4.48. The number of ether oxygens (including phenoxy) is 2. The second kappa shape index (κ2) is 8.06. The van der Waals surface area contributed by atoms with Crippen LogP contribution in [-0.2, 0) is 6.54 Å². The lowest BCUT2D eigenvalue weighted by molar-refractivity contribution is 0.0697. The van der Waals surface area contributed by atoms with Crippen LogP contribution in [0.2, 0.25) is 0 Å². The molecule has 2 N–H and O–H groups in total. The largest absolute Gasteiger partial charge is 0.493 e. The molecule has 0 unspecified atom stereocenters. The number of benzene rings is 2. The number of carboxylic acids is 1. The van der Waals surface area contributed by atoms with E-state index in [1.54, 1.807) is 25.3 Å². The zero-order chi connectivity index (χ0) is 17.7. The standard InChI is InChI=1S/C18H20BrNO4/c1-4-24-17-14(19)8-12(9-16(17)23-3)10-20-15-6-5-13(18(21)22)7-11(15)2/h5-9,20H,4,10H2,1-3H3,(H,21,22). The second-order valence-corrected chi connectivity index (χ2v) is 6.08. The fraction of sp³-hybridized carbons (Fsp3) is 0.278. The summed E-state index contributed by atoms with van der Waals surface area (Å²) in [6, 6.07) is 8.91. The molecule has 0 aliphatic carbocycles. The first kappa shape index (κ1) is 18.1. The molecule has 0 spiro atoms. The first-order chi connectivity index (χ1) is 11.5. The highest BCUT2D eigenvalue weighted by molar-refractivity contribution is 9.10. The zero-order valence-electron chi connectivity index (χ0n) is 13.9. The first-order valence-corrected chi connectivity index (χ1v) is 8.32. The minimum atomic E-state index is -0.926. The molecule has 0 aliphatic heterocycles. The molecule has 2 aromatic carbocycles. The number of nitrogens with one attached hydrogen (secondary N) is 1. The summed E-state index contributed by atoms with van der Waals surface area (Å²) < 4.78 is 11.8. The maximum absolute atomic E-state index is 11.0. The molecule has 6 heteroatoms. The summed E-state index contributed by atoms with van der Waals surface area (Å²) in [5.74, 6) is 0.427. The van der Waals surface area contributed by atoms with Crippen LogP contribution in [-0.4, -0.2) is 24.8 Å². The quantitative estimate of drug-likeness (QED) is 0.725.